The Labute approximate surface area is 156 Å². The topological polar surface area (TPSA) is 64.6 Å². The van der Waals surface area contributed by atoms with Crippen molar-refractivity contribution in [1.29, 1.82) is 0 Å². The van der Waals surface area contributed by atoms with Crippen molar-refractivity contribution in [2.24, 2.45) is 0 Å². The molecule has 140 valence electrons. The first-order chi connectivity index (χ1) is 12.4. The molecule has 0 spiro atoms. The number of piperidine rings is 1. The summed E-state index contributed by atoms with van der Waals surface area (Å²) in [5.41, 5.74) is 3.49. The first-order valence-electron chi connectivity index (χ1n) is 8.86. The number of hydrogen-bond acceptors (Lipinski definition) is 4. The molecule has 6 heteroatoms. The predicted molar refractivity (Wildman–Crippen MR) is 105 cm³/mol. The summed E-state index contributed by atoms with van der Waals surface area (Å²) in [6, 6.07) is 16.6. The van der Waals surface area contributed by atoms with Crippen LogP contribution in [0.15, 0.2) is 48.5 Å². The lowest BCUT2D eigenvalue weighted by atomic mass is 10.0. The molecule has 0 amide bonds. The minimum Gasteiger partial charge on any atom is -0.598 e. The number of nitrogens with one attached hydrogen (secondary N) is 1. The molecule has 3 rings (SSSR count). The van der Waals surface area contributed by atoms with E-state index in [0.29, 0.717) is 0 Å². The molecule has 0 bridgehead atoms. The maximum atomic E-state index is 11.4. The molecule has 2 aromatic rings. The second-order valence-corrected chi connectivity index (χ2v) is 8.62. The second kappa shape index (κ2) is 8.31. The SMILES string of the molecule is COc1ccccc1-c1cccc(CN2CCC(N[S+](C)(=O)[O-])CC2)c1. The van der Waals surface area contributed by atoms with Crippen LogP contribution in [0.3, 0.4) is 0 Å². The summed E-state index contributed by atoms with van der Waals surface area (Å²) >= 11 is 0. The highest BCUT2D eigenvalue weighted by Gasteiger charge is 2.23. The van der Waals surface area contributed by atoms with E-state index < -0.39 is 10.4 Å². The first-order valence-corrected chi connectivity index (χ1v) is 10.8. The highest BCUT2D eigenvalue weighted by Crippen LogP contribution is 2.30. The average Bonchev–Trinajstić information content (AvgIpc) is 2.62. The van der Waals surface area contributed by atoms with Crippen LogP contribution < -0.4 is 9.46 Å². The molecule has 26 heavy (non-hydrogen) atoms. The zero-order chi connectivity index (χ0) is 18.6. The van der Waals surface area contributed by atoms with Gasteiger partial charge in [0.05, 0.1) is 13.2 Å². The fraction of sp³-hybridized carbons (Fsp3) is 0.400. The molecule has 1 fully saturated rings. The van der Waals surface area contributed by atoms with Crippen LogP contribution in [0, 0.1) is 0 Å². The van der Waals surface area contributed by atoms with Gasteiger partial charge < -0.3 is 9.29 Å². The van der Waals surface area contributed by atoms with Crippen molar-refractivity contribution < 1.29 is 13.5 Å². The number of ether oxygens (including phenoxy) is 1. The lowest BCUT2D eigenvalue weighted by molar-refractivity contribution is 0.199. The smallest absolute Gasteiger partial charge is 0.126 e. The Morgan fingerprint density at radius 2 is 1.92 bits per heavy atom. The van der Waals surface area contributed by atoms with Crippen LogP contribution in [0.25, 0.3) is 11.1 Å². The number of methoxy groups -OCH3 is 1. The Hall–Kier alpha value is -1.73. The van der Waals surface area contributed by atoms with Gasteiger partial charge in [-0.25, -0.2) is 0 Å². The molecule has 0 saturated carbocycles. The van der Waals surface area contributed by atoms with Gasteiger partial charge in [0.2, 0.25) is 0 Å². The van der Waals surface area contributed by atoms with Crippen LogP contribution in [0.2, 0.25) is 0 Å². The highest BCUT2D eigenvalue weighted by molar-refractivity contribution is 7.95. The van der Waals surface area contributed by atoms with Crippen LogP contribution in [-0.2, 0) is 21.2 Å². The molecule has 0 aromatic heterocycles. The van der Waals surface area contributed by atoms with Crippen LogP contribution in [0.4, 0.5) is 0 Å². The molecule has 5 nitrogen and oxygen atoms in total. The number of benzene rings is 2. The van der Waals surface area contributed by atoms with Gasteiger partial charge in [0.1, 0.15) is 22.4 Å². The first kappa shape index (κ1) is 19.0. The van der Waals surface area contributed by atoms with Crippen molar-refractivity contribution in [3.8, 4) is 16.9 Å². The Balaban J connectivity index is 1.64. The van der Waals surface area contributed by atoms with E-state index in [1.807, 2.05) is 18.2 Å². The van der Waals surface area contributed by atoms with Crippen molar-refractivity contribution in [2.75, 3.05) is 26.5 Å². The predicted octanol–water partition coefficient (Wildman–Crippen LogP) is 3.09. The molecule has 1 aliphatic rings. The van der Waals surface area contributed by atoms with E-state index in [9.17, 15) is 8.76 Å². The Kier molecular flexibility index (Phi) is 6.09. The van der Waals surface area contributed by atoms with Crippen LogP contribution in [-0.4, -0.2) is 41.9 Å². The normalized spacial score (nSPS) is 18.4. The molecule has 0 radical (unpaired) electrons. The Bertz CT molecular complexity index is 782. The number of para-hydroxylation sites is 1. The third-order valence-corrected chi connectivity index (χ3v) is 5.48. The number of rotatable bonds is 6. The zero-order valence-corrected chi connectivity index (χ0v) is 16.1. The quantitative estimate of drug-likeness (QED) is 0.789. The van der Waals surface area contributed by atoms with Crippen LogP contribution in [0.5, 0.6) is 5.75 Å². The minimum atomic E-state index is -3.12. The summed E-state index contributed by atoms with van der Waals surface area (Å²) in [4.78, 5) is 2.38. The van der Waals surface area contributed by atoms with Gasteiger partial charge in [0.15, 0.2) is 0 Å². The number of likely N-dealkylation sites (tertiary alicyclic amines) is 1. The summed E-state index contributed by atoms with van der Waals surface area (Å²) in [5, 5.41) is 0. The summed E-state index contributed by atoms with van der Waals surface area (Å²) in [6.45, 7) is 2.66. The summed E-state index contributed by atoms with van der Waals surface area (Å²) < 4.78 is 30.9. The lowest BCUT2D eigenvalue weighted by Gasteiger charge is -2.32. The summed E-state index contributed by atoms with van der Waals surface area (Å²) in [5.74, 6) is 0.873. The van der Waals surface area contributed by atoms with Gasteiger partial charge in [-0.2, -0.15) is 0 Å². The van der Waals surface area contributed by atoms with E-state index in [-0.39, 0.29) is 6.04 Å². The van der Waals surface area contributed by atoms with E-state index in [1.165, 1.54) is 11.8 Å². The molecule has 1 unspecified atom stereocenters. The molecule has 2 aromatic carbocycles. The third-order valence-electron chi connectivity index (χ3n) is 4.72. The lowest BCUT2D eigenvalue weighted by Crippen LogP contribution is -2.45. The zero-order valence-electron chi connectivity index (χ0n) is 15.3. The van der Waals surface area contributed by atoms with E-state index in [2.05, 4.69) is 40.0 Å². The van der Waals surface area contributed by atoms with Gasteiger partial charge in [-0.05, 0) is 36.1 Å². The van der Waals surface area contributed by atoms with Gasteiger partial charge in [-0.3, -0.25) is 4.90 Å². The van der Waals surface area contributed by atoms with Crippen molar-refractivity contribution in [3.63, 3.8) is 0 Å². The van der Waals surface area contributed by atoms with Gasteiger partial charge in [-0.1, -0.05) is 40.6 Å². The van der Waals surface area contributed by atoms with E-state index in [4.69, 9.17) is 4.74 Å². The maximum absolute atomic E-state index is 11.4. The monoisotopic (exact) mass is 374 g/mol. The molecular formula is C20H26N2O3S. The summed E-state index contributed by atoms with van der Waals surface area (Å²) in [6.07, 6.45) is 2.92. The van der Waals surface area contributed by atoms with Gasteiger partial charge in [0, 0.05) is 25.2 Å². The van der Waals surface area contributed by atoms with Gasteiger partial charge in [-0.15, -0.1) is 4.72 Å². The molecule has 1 saturated heterocycles. The third kappa shape index (κ3) is 5.14. The second-order valence-electron chi connectivity index (χ2n) is 6.84. The van der Waals surface area contributed by atoms with E-state index >= 15 is 0 Å². The molecule has 1 aliphatic heterocycles. The Morgan fingerprint density at radius 1 is 1.19 bits per heavy atom. The fourth-order valence-electron chi connectivity index (χ4n) is 3.49. The molecular weight excluding hydrogens is 348 g/mol. The number of sulfonamides is 1. The largest absolute Gasteiger partial charge is 0.598 e. The Morgan fingerprint density at radius 3 is 2.62 bits per heavy atom. The van der Waals surface area contributed by atoms with Crippen molar-refractivity contribution >= 4 is 10.4 Å². The fourth-order valence-corrected chi connectivity index (χ4v) is 4.33. The van der Waals surface area contributed by atoms with Crippen molar-refractivity contribution in [1.82, 2.24) is 9.62 Å². The van der Waals surface area contributed by atoms with Crippen LogP contribution >= 0.6 is 0 Å². The van der Waals surface area contributed by atoms with Crippen molar-refractivity contribution in [2.45, 2.75) is 25.4 Å². The maximum Gasteiger partial charge on any atom is 0.126 e. The number of nitrogens with zero attached hydrogens (tertiary/aromatic N) is 1. The van der Waals surface area contributed by atoms with E-state index in [0.717, 1.165) is 49.4 Å². The summed E-state index contributed by atoms with van der Waals surface area (Å²) in [7, 11) is -1.43. The standard InChI is InChI=1S/C20H26N2O3S/c1-25-20-9-4-3-8-19(20)17-7-5-6-16(14-17)15-22-12-10-18(11-13-22)21-26(2,23)24/h3-9,14,18H,10-13,15H2,1-2H3,(H-,21,23,24). The molecule has 1 N–H and O–H groups in total. The van der Waals surface area contributed by atoms with Gasteiger partial charge >= 0.3 is 0 Å². The minimum absolute atomic E-state index is 0.0566. The molecule has 1 atom stereocenters. The molecule has 0 aliphatic carbocycles. The highest BCUT2D eigenvalue weighted by atomic mass is 32.3. The molecule has 1 heterocycles. The van der Waals surface area contributed by atoms with Crippen molar-refractivity contribution in [3.05, 3.63) is 54.1 Å². The van der Waals surface area contributed by atoms with Crippen LogP contribution in [0.1, 0.15) is 18.4 Å². The van der Waals surface area contributed by atoms with Gasteiger partial charge in [0.25, 0.3) is 0 Å². The van der Waals surface area contributed by atoms with E-state index in [1.54, 1.807) is 7.11 Å². The average molecular weight is 375 g/mol. The number of hydrogen-bond donors (Lipinski definition) is 1.